The molecule has 2 amide bonds. The molecule has 3 N–H and O–H groups in total. The van der Waals surface area contributed by atoms with E-state index in [1.807, 2.05) is 23.1 Å². The first-order valence-corrected chi connectivity index (χ1v) is 12.0. The molecule has 170 valence electrons. The maximum Gasteiger partial charge on any atom is 0.269 e. The average molecular weight is 465 g/mol. The summed E-state index contributed by atoms with van der Waals surface area (Å²) in [5.41, 5.74) is 7.70. The van der Waals surface area contributed by atoms with Crippen LogP contribution >= 0.6 is 0 Å². The zero-order valence-electron chi connectivity index (χ0n) is 17.8. The van der Waals surface area contributed by atoms with Crippen molar-refractivity contribution in [3.05, 3.63) is 90.0 Å². The van der Waals surface area contributed by atoms with Crippen molar-refractivity contribution in [1.29, 1.82) is 0 Å². The number of hydrogen-bond acceptors (Lipinski definition) is 5. The van der Waals surface area contributed by atoms with Crippen LogP contribution in [0.2, 0.25) is 0 Å². The summed E-state index contributed by atoms with van der Waals surface area (Å²) in [7, 11) is -3.72. The largest absolute Gasteiger partial charge is 0.362 e. The second-order valence-electron chi connectivity index (χ2n) is 7.65. The van der Waals surface area contributed by atoms with Gasteiger partial charge in [0.1, 0.15) is 0 Å². The van der Waals surface area contributed by atoms with E-state index in [-0.39, 0.29) is 22.9 Å². The Morgan fingerprint density at radius 1 is 0.848 bits per heavy atom. The lowest BCUT2D eigenvalue weighted by atomic mass is 10.0. The van der Waals surface area contributed by atoms with Gasteiger partial charge in [-0.05, 0) is 60.9 Å². The predicted molar refractivity (Wildman–Crippen MR) is 126 cm³/mol. The summed E-state index contributed by atoms with van der Waals surface area (Å²) >= 11 is 0. The number of benzene rings is 3. The minimum atomic E-state index is -3.72. The Hall–Kier alpha value is -3.85. The van der Waals surface area contributed by atoms with Crippen molar-refractivity contribution in [3.63, 3.8) is 0 Å². The van der Waals surface area contributed by atoms with Gasteiger partial charge in [0.25, 0.3) is 21.8 Å². The Morgan fingerprint density at radius 2 is 1.55 bits per heavy atom. The monoisotopic (exact) mass is 464 g/mol. The number of hydrogen-bond donors (Lipinski definition) is 3. The van der Waals surface area contributed by atoms with Gasteiger partial charge in [-0.15, -0.1) is 0 Å². The number of carbonyl (C=O) groups is 2. The van der Waals surface area contributed by atoms with Crippen molar-refractivity contribution in [3.8, 4) is 0 Å². The molecule has 1 aliphatic rings. The maximum absolute atomic E-state index is 12.4. The number of rotatable bonds is 6. The number of fused-ring (bicyclic) bond motifs is 1. The van der Waals surface area contributed by atoms with Crippen LogP contribution in [0, 0.1) is 0 Å². The molecule has 33 heavy (non-hydrogen) atoms. The minimum absolute atomic E-state index is 0.136. The van der Waals surface area contributed by atoms with E-state index in [9.17, 15) is 18.0 Å². The van der Waals surface area contributed by atoms with Gasteiger partial charge in [0.15, 0.2) is 0 Å². The molecule has 0 radical (unpaired) electrons. The lowest BCUT2D eigenvalue weighted by molar-refractivity contribution is -0.120. The smallest absolute Gasteiger partial charge is 0.269 e. The molecule has 9 heteroatoms. The first-order valence-electron chi connectivity index (χ1n) is 10.5. The van der Waals surface area contributed by atoms with Crippen LogP contribution in [0.5, 0.6) is 0 Å². The van der Waals surface area contributed by atoms with E-state index in [0.29, 0.717) is 5.69 Å². The number of carbonyl (C=O) groups excluding carboxylic acids is 2. The van der Waals surface area contributed by atoms with Crippen molar-refractivity contribution in [2.45, 2.75) is 17.7 Å². The normalized spacial score (nSPS) is 13.0. The Bertz CT molecular complexity index is 1240. The number of amides is 2. The minimum Gasteiger partial charge on any atom is -0.362 e. The molecule has 1 aliphatic heterocycles. The summed E-state index contributed by atoms with van der Waals surface area (Å²) < 4.78 is 27.3. The highest BCUT2D eigenvalue weighted by Crippen LogP contribution is 2.26. The Balaban J connectivity index is 1.31. The fourth-order valence-electron chi connectivity index (χ4n) is 3.69. The fourth-order valence-corrected chi connectivity index (χ4v) is 4.77. The van der Waals surface area contributed by atoms with Gasteiger partial charge in [0.05, 0.1) is 11.4 Å². The standard InChI is InChI=1S/C24H24N4O4S/c29-23(17-28-16-6-8-18-7-4-5-11-22(18)28)25-26-24(30)19-12-14-20(15-13-19)27-33(31,32)21-9-2-1-3-10-21/h1-5,7,9-15,27H,6,8,16-17H2,(H,25,29)(H,26,30). The number of hydrazine groups is 1. The quantitative estimate of drug-likeness (QED) is 0.486. The second-order valence-corrected chi connectivity index (χ2v) is 9.33. The number of sulfonamides is 1. The van der Waals surface area contributed by atoms with Gasteiger partial charge in [-0.25, -0.2) is 8.42 Å². The molecule has 0 fully saturated rings. The van der Waals surface area contributed by atoms with E-state index in [0.717, 1.165) is 25.1 Å². The van der Waals surface area contributed by atoms with Crippen LogP contribution < -0.4 is 20.5 Å². The zero-order chi connectivity index (χ0) is 23.3. The van der Waals surface area contributed by atoms with Gasteiger partial charge >= 0.3 is 0 Å². The third-order valence-corrected chi connectivity index (χ3v) is 6.71. The molecule has 0 aliphatic carbocycles. The summed E-state index contributed by atoms with van der Waals surface area (Å²) in [4.78, 5) is 26.9. The van der Waals surface area contributed by atoms with E-state index in [1.54, 1.807) is 18.2 Å². The van der Waals surface area contributed by atoms with Crippen molar-refractivity contribution in [2.75, 3.05) is 22.7 Å². The van der Waals surface area contributed by atoms with Gasteiger partial charge in [-0.1, -0.05) is 36.4 Å². The van der Waals surface area contributed by atoms with Gasteiger partial charge in [0, 0.05) is 23.5 Å². The van der Waals surface area contributed by atoms with Crippen molar-refractivity contribution < 1.29 is 18.0 Å². The van der Waals surface area contributed by atoms with Crippen LogP contribution in [0.15, 0.2) is 83.8 Å². The van der Waals surface area contributed by atoms with Crippen LogP contribution in [0.25, 0.3) is 0 Å². The lowest BCUT2D eigenvalue weighted by Crippen LogP contribution is -2.47. The van der Waals surface area contributed by atoms with E-state index >= 15 is 0 Å². The summed E-state index contributed by atoms with van der Waals surface area (Å²) in [6, 6.07) is 21.9. The molecule has 0 aromatic heterocycles. The summed E-state index contributed by atoms with van der Waals surface area (Å²) in [6.45, 7) is 0.913. The Kier molecular flexibility index (Phi) is 6.60. The van der Waals surface area contributed by atoms with Gasteiger partial charge in [-0.3, -0.25) is 25.2 Å². The molecule has 4 rings (SSSR count). The van der Waals surface area contributed by atoms with Crippen LogP contribution in [0.4, 0.5) is 11.4 Å². The summed E-state index contributed by atoms with van der Waals surface area (Å²) in [5.74, 6) is -0.827. The molecular weight excluding hydrogens is 440 g/mol. The second kappa shape index (κ2) is 9.74. The van der Waals surface area contributed by atoms with Gasteiger partial charge in [0.2, 0.25) is 0 Å². The third-order valence-electron chi connectivity index (χ3n) is 5.31. The van der Waals surface area contributed by atoms with Gasteiger partial charge < -0.3 is 4.90 Å². The summed E-state index contributed by atoms with van der Waals surface area (Å²) in [5, 5.41) is 0. The number of para-hydroxylation sites is 1. The molecule has 3 aromatic rings. The fraction of sp³-hybridized carbons (Fsp3) is 0.167. The molecule has 0 unspecified atom stereocenters. The van der Waals surface area contributed by atoms with Crippen LogP contribution in [-0.2, 0) is 21.2 Å². The molecule has 8 nitrogen and oxygen atoms in total. The molecule has 0 saturated heterocycles. The van der Waals surface area contributed by atoms with Crippen LogP contribution in [0.3, 0.4) is 0 Å². The van der Waals surface area contributed by atoms with E-state index < -0.39 is 15.9 Å². The Labute approximate surface area is 192 Å². The average Bonchev–Trinajstić information content (AvgIpc) is 2.83. The lowest BCUT2D eigenvalue weighted by Gasteiger charge is -2.30. The number of nitrogens with one attached hydrogen (secondary N) is 3. The number of nitrogens with zero attached hydrogens (tertiary/aromatic N) is 1. The first-order chi connectivity index (χ1) is 15.9. The molecular formula is C24H24N4O4S. The highest BCUT2D eigenvalue weighted by atomic mass is 32.2. The zero-order valence-corrected chi connectivity index (χ0v) is 18.6. The summed E-state index contributed by atoms with van der Waals surface area (Å²) in [6.07, 6.45) is 1.96. The number of anilines is 2. The molecule has 3 aromatic carbocycles. The van der Waals surface area contributed by atoms with Gasteiger partial charge in [-0.2, -0.15) is 0 Å². The highest BCUT2D eigenvalue weighted by Gasteiger charge is 2.19. The number of aryl methyl sites for hydroxylation is 1. The molecule has 0 bridgehead atoms. The van der Waals surface area contributed by atoms with E-state index in [4.69, 9.17) is 0 Å². The van der Waals surface area contributed by atoms with Crippen LogP contribution in [-0.4, -0.2) is 33.3 Å². The molecule has 0 saturated carbocycles. The Morgan fingerprint density at radius 3 is 2.30 bits per heavy atom. The van der Waals surface area contributed by atoms with Crippen molar-refractivity contribution in [2.24, 2.45) is 0 Å². The highest BCUT2D eigenvalue weighted by molar-refractivity contribution is 7.92. The third kappa shape index (κ3) is 5.50. The van der Waals surface area contributed by atoms with Crippen LogP contribution in [0.1, 0.15) is 22.3 Å². The predicted octanol–water partition coefficient (Wildman–Crippen LogP) is 2.70. The van der Waals surface area contributed by atoms with E-state index in [2.05, 4.69) is 21.6 Å². The first kappa shape index (κ1) is 22.3. The van der Waals surface area contributed by atoms with Crippen molar-refractivity contribution >= 4 is 33.2 Å². The molecule has 1 heterocycles. The molecule has 0 spiro atoms. The maximum atomic E-state index is 12.4. The van der Waals surface area contributed by atoms with Crippen molar-refractivity contribution in [1.82, 2.24) is 10.9 Å². The van der Waals surface area contributed by atoms with E-state index in [1.165, 1.54) is 42.0 Å². The topological polar surface area (TPSA) is 108 Å². The SMILES string of the molecule is O=C(CN1CCCc2ccccc21)NNC(=O)c1ccc(NS(=O)(=O)c2ccccc2)cc1. The molecule has 0 atom stereocenters.